The van der Waals surface area contributed by atoms with Crippen LogP contribution in [-0.4, -0.2) is 22.5 Å². The second-order valence-corrected chi connectivity index (χ2v) is 4.51. The molecule has 0 unspecified atom stereocenters. The number of esters is 1. The van der Waals surface area contributed by atoms with Crippen LogP contribution in [0.25, 0.3) is 5.65 Å². The number of imidazole rings is 1. The van der Waals surface area contributed by atoms with Gasteiger partial charge in [-0.05, 0) is 24.3 Å². The molecule has 0 saturated carbocycles. The molecule has 0 radical (unpaired) electrons. The molecule has 0 fully saturated rings. The number of para-hydroxylation sites is 1. The monoisotopic (exact) mass is 282 g/mol. The Labute approximate surface area is 121 Å². The van der Waals surface area contributed by atoms with Crippen LogP contribution in [0, 0.1) is 0 Å². The van der Waals surface area contributed by atoms with E-state index in [9.17, 15) is 4.79 Å². The Morgan fingerprint density at radius 3 is 2.81 bits per heavy atom. The highest BCUT2D eigenvalue weighted by molar-refractivity contribution is 5.90. The second kappa shape index (κ2) is 5.66. The van der Waals surface area contributed by atoms with Gasteiger partial charge in [0.1, 0.15) is 18.0 Å². The summed E-state index contributed by atoms with van der Waals surface area (Å²) < 4.78 is 12.2. The van der Waals surface area contributed by atoms with Crippen LogP contribution in [0.1, 0.15) is 16.1 Å². The lowest BCUT2D eigenvalue weighted by atomic mass is 10.3. The van der Waals surface area contributed by atoms with Crippen molar-refractivity contribution < 1.29 is 14.3 Å². The van der Waals surface area contributed by atoms with E-state index in [1.165, 1.54) is 7.11 Å². The molecule has 0 amide bonds. The number of benzene rings is 1. The molecule has 0 atom stereocenters. The number of nitrogens with zero attached hydrogens (tertiary/aromatic N) is 2. The zero-order valence-corrected chi connectivity index (χ0v) is 11.5. The van der Waals surface area contributed by atoms with Crippen molar-refractivity contribution in [3.05, 3.63) is 66.1 Å². The van der Waals surface area contributed by atoms with E-state index in [0.717, 1.165) is 11.4 Å². The Morgan fingerprint density at radius 2 is 2.05 bits per heavy atom. The number of methoxy groups -OCH3 is 1. The van der Waals surface area contributed by atoms with Crippen molar-refractivity contribution in [3.63, 3.8) is 0 Å². The fourth-order valence-corrected chi connectivity index (χ4v) is 2.02. The van der Waals surface area contributed by atoms with E-state index in [4.69, 9.17) is 9.47 Å². The van der Waals surface area contributed by atoms with E-state index in [0.29, 0.717) is 17.8 Å². The van der Waals surface area contributed by atoms with Crippen molar-refractivity contribution in [2.75, 3.05) is 7.11 Å². The molecule has 0 saturated heterocycles. The molecule has 0 N–H and O–H groups in total. The van der Waals surface area contributed by atoms with Crippen LogP contribution in [-0.2, 0) is 11.3 Å². The standard InChI is InChI=1S/C16H14N2O3/c1-20-16(19)12-7-8-18-10-13(17-15(18)9-12)11-21-14-5-3-2-4-6-14/h2-10H,11H2,1H3. The van der Waals surface area contributed by atoms with E-state index < -0.39 is 0 Å². The molecule has 2 heterocycles. The number of rotatable bonds is 4. The molecule has 5 nitrogen and oxygen atoms in total. The maximum Gasteiger partial charge on any atom is 0.338 e. The van der Waals surface area contributed by atoms with Gasteiger partial charge in [0.05, 0.1) is 18.4 Å². The smallest absolute Gasteiger partial charge is 0.338 e. The molecule has 0 spiro atoms. The molecule has 5 heteroatoms. The number of hydrogen-bond acceptors (Lipinski definition) is 4. The lowest BCUT2D eigenvalue weighted by Crippen LogP contribution is -2.01. The third-order valence-electron chi connectivity index (χ3n) is 3.06. The Bertz CT molecular complexity index is 766. The number of hydrogen-bond donors (Lipinski definition) is 0. The number of fused-ring (bicyclic) bond motifs is 1. The third-order valence-corrected chi connectivity index (χ3v) is 3.06. The molecule has 106 valence electrons. The maximum atomic E-state index is 11.5. The SMILES string of the molecule is COC(=O)c1ccn2cc(COc3ccccc3)nc2c1. The maximum absolute atomic E-state index is 11.5. The van der Waals surface area contributed by atoms with Gasteiger partial charge in [-0.15, -0.1) is 0 Å². The van der Waals surface area contributed by atoms with Gasteiger partial charge >= 0.3 is 5.97 Å². The topological polar surface area (TPSA) is 52.8 Å². The highest BCUT2D eigenvalue weighted by atomic mass is 16.5. The molecule has 1 aromatic carbocycles. The summed E-state index contributed by atoms with van der Waals surface area (Å²) in [5.74, 6) is 0.424. The summed E-state index contributed by atoms with van der Waals surface area (Å²) in [7, 11) is 1.36. The second-order valence-electron chi connectivity index (χ2n) is 4.51. The van der Waals surface area contributed by atoms with E-state index in [-0.39, 0.29) is 5.97 Å². The summed E-state index contributed by atoms with van der Waals surface area (Å²) in [6.45, 7) is 0.374. The van der Waals surface area contributed by atoms with Gasteiger partial charge in [-0.2, -0.15) is 0 Å². The van der Waals surface area contributed by atoms with E-state index in [1.807, 2.05) is 40.9 Å². The lowest BCUT2D eigenvalue weighted by molar-refractivity contribution is 0.0600. The number of pyridine rings is 1. The number of carbonyl (C=O) groups excluding carboxylic acids is 1. The summed E-state index contributed by atoms with van der Waals surface area (Å²) in [6, 6.07) is 13.0. The highest BCUT2D eigenvalue weighted by Crippen LogP contribution is 2.13. The van der Waals surface area contributed by atoms with Gasteiger partial charge in [0.2, 0.25) is 0 Å². The fourth-order valence-electron chi connectivity index (χ4n) is 2.02. The summed E-state index contributed by atoms with van der Waals surface area (Å²) >= 11 is 0. The minimum atomic E-state index is -0.373. The van der Waals surface area contributed by atoms with Crippen molar-refractivity contribution in [1.29, 1.82) is 0 Å². The minimum Gasteiger partial charge on any atom is -0.487 e. The van der Waals surface area contributed by atoms with Gasteiger partial charge in [0.15, 0.2) is 0 Å². The predicted molar refractivity (Wildman–Crippen MR) is 77.3 cm³/mol. The van der Waals surface area contributed by atoms with E-state index >= 15 is 0 Å². The fraction of sp³-hybridized carbons (Fsp3) is 0.125. The van der Waals surface area contributed by atoms with Crippen molar-refractivity contribution >= 4 is 11.6 Å². The molecule has 0 aliphatic rings. The lowest BCUT2D eigenvalue weighted by Gasteiger charge is -2.02. The van der Waals surface area contributed by atoms with Crippen LogP contribution < -0.4 is 4.74 Å². The largest absolute Gasteiger partial charge is 0.487 e. The summed E-state index contributed by atoms with van der Waals surface area (Å²) in [5.41, 5.74) is 1.96. The van der Waals surface area contributed by atoms with Crippen molar-refractivity contribution in [3.8, 4) is 5.75 Å². The number of ether oxygens (including phenoxy) is 2. The summed E-state index contributed by atoms with van der Waals surface area (Å²) in [5, 5.41) is 0. The Hall–Kier alpha value is -2.82. The van der Waals surface area contributed by atoms with Crippen molar-refractivity contribution in [1.82, 2.24) is 9.38 Å². The van der Waals surface area contributed by atoms with Crippen molar-refractivity contribution in [2.24, 2.45) is 0 Å². The molecule has 21 heavy (non-hydrogen) atoms. The first kappa shape index (κ1) is 13.2. The van der Waals surface area contributed by atoms with Crippen LogP contribution in [0.4, 0.5) is 0 Å². The van der Waals surface area contributed by atoms with Crippen LogP contribution in [0.5, 0.6) is 5.75 Å². The van der Waals surface area contributed by atoms with Crippen LogP contribution >= 0.6 is 0 Å². The molecule has 2 aromatic heterocycles. The Kier molecular flexibility index (Phi) is 3.55. The molecular weight excluding hydrogens is 268 g/mol. The van der Waals surface area contributed by atoms with Gasteiger partial charge in [-0.3, -0.25) is 0 Å². The Balaban J connectivity index is 1.79. The number of aromatic nitrogens is 2. The first-order chi connectivity index (χ1) is 10.3. The van der Waals surface area contributed by atoms with Gasteiger partial charge < -0.3 is 13.9 Å². The molecular formula is C16H14N2O3. The average Bonchev–Trinajstić information content (AvgIpc) is 2.95. The zero-order valence-electron chi connectivity index (χ0n) is 11.5. The average molecular weight is 282 g/mol. The first-order valence-electron chi connectivity index (χ1n) is 6.50. The zero-order chi connectivity index (χ0) is 14.7. The van der Waals surface area contributed by atoms with Gasteiger partial charge in [0, 0.05) is 12.4 Å². The normalized spacial score (nSPS) is 10.5. The van der Waals surface area contributed by atoms with Gasteiger partial charge in [-0.1, -0.05) is 18.2 Å². The highest BCUT2D eigenvalue weighted by Gasteiger charge is 2.08. The summed E-state index contributed by atoms with van der Waals surface area (Å²) in [6.07, 6.45) is 3.65. The van der Waals surface area contributed by atoms with E-state index in [1.54, 1.807) is 18.3 Å². The van der Waals surface area contributed by atoms with Crippen LogP contribution in [0.2, 0.25) is 0 Å². The predicted octanol–water partition coefficient (Wildman–Crippen LogP) is 2.70. The molecule has 0 aliphatic carbocycles. The van der Waals surface area contributed by atoms with Crippen LogP contribution in [0.3, 0.4) is 0 Å². The summed E-state index contributed by atoms with van der Waals surface area (Å²) in [4.78, 5) is 15.9. The van der Waals surface area contributed by atoms with Gasteiger partial charge in [0.25, 0.3) is 0 Å². The van der Waals surface area contributed by atoms with Crippen molar-refractivity contribution in [2.45, 2.75) is 6.61 Å². The Morgan fingerprint density at radius 1 is 1.24 bits per heavy atom. The van der Waals surface area contributed by atoms with Gasteiger partial charge in [-0.25, -0.2) is 9.78 Å². The molecule has 0 aliphatic heterocycles. The molecule has 0 bridgehead atoms. The molecule has 3 rings (SSSR count). The first-order valence-corrected chi connectivity index (χ1v) is 6.50. The number of carbonyl (C=O) groups is 1. The van der Waals surface area contributed by atoms with E-state index in [2.05, 4.69) is 4.98 Å². The van der Waals surface area contributed by atoms with Crippen LogP contribution in [0.15, 0.2) is 54.9 Å². The third kappa shape index (κ3) is 2.86. The quantitative estimate of drug-likeness (QED) is 0.690. The molecule has 3 aromatic rings. The minimum absolute atomic E-state index is 0.373.